The highest BCUT2D eigenvalue weighted by Gasteiger charge is 2.43. The first-order valence-corrected chi connectivity index (χ1v) is 5.24. The van der Waals surface area contributed by atoms with Crippen molar-refractivity contribution in [3.63, 3.8) is 0 Å². The first-order valence-electron chi connectivity index (χ1n) is 5.24. The molecule has 86 valence electrons. The van der Waals surface area contributed by atoms with Crippen LogP contribution >= 0.6 is 0 Å². The van der Waals surface area contributed by atoms with Crippen LogP contribution in [0, 0.1) is 6.92 Å². The van der Waals surface area contributed by atoms with Crippen molar-refractivity contribution >= 4 is 0 Å². The first-order chi connectivity index (χ1) is 7.65. The highest BCUT2D eigenvalue weighted by molar-refractivity contribution is 5.02. The van der Waals surface area contributed by atoms with Crippen LogP contribution in [0.4, 0.5) is 0 Å². The van der Waals surface area contributed by atoms with E-state index in [4.69, 9.17) is 9.47 Å². The van der Waals surface area contributed by atoms with E-state index in [1.165, 1.54) is 10.8 Å². The third kappa shape index (κ3) is 1.34. The Labute approximate surface area is 90.8 Å². The highest BCUT2D eigenvalue weighted by Crippen LogP contribution is 2.35. The minimum Gasteiger partial charge on any atom is -0.371 e. The second-order valence-corrected chi connectivity index (χ2v) is 4.23. The summed E-state index contributed by atoms with van der Waals surface area (Å²) in [6.45, 7) is 2.25. The van der Waals surface area contributed by atoms with Gasteiger partial charge in [-0.25, -0.2) is 4.79 Å². The van der Waals surface area contributed by atoms with Crippen molar-refractivity contribution in [2.24, 2.45) is 0 Å². The molecule has 2 bridgehead atoms. The molecule has 0 radical (unpaired) electrons. The predicted octanol–water partition coefficient (Wildman–Crippen LogP) is -0.469. The van der Waals surface area contributed by atoms with Gasteiger partial charge in [-0.2, -0.15) is 0 Å². The largest absolute Gasteiger partial charge is 0.371 e. The summed E-state index contributed by atoms with van der Waals surface area (Å²) in [7, 11) is 0. The number of hydrogen-bond donors (Lipinski definition) is 1. The van der Waals surface area contributed by atoms with Gasteiger partial charge in [0.1, 0.15) is 6.10 Å². The normalized spacial score (nSPS) is 32.2. The van der Waals surface area contributed by atoms with Crippen LogP contribution in [0.1, 0.15) is 18.2 Å². The Bertz CT molecular complexity index is 532. The molecule has 0 unspecified atom stereocenters. The van der Waals surface area contributed by atoms with Crippen LogP contribution in [-0.4, -0.2) is 28.4 Å². The first kappa shape index (κ1) is 9.80. The zero-order valence-corrected chi connectivity index (χ0v) is 8.80. The van der Waals surface area contributed by atoms with E-state index in [9.17, 15) is 9.59 Å². The summed E-state index contributed by atoms with van der Waals surface area (Å²) >= 11 is 0. The van der Waals surface area contributed by atoms with Crippen molar-refractivity contribution in [3.8, 4) is 0 Å². The van der Waals surface area contributed by atoms with Crippen molar-refractivity contribution < 1.29 is 9.47 Å². The standard InChI is InChI=1S/C10H12N2O4/c1-5-3-12(10(14)11-8(5)13)9-7-2-6(16-9)4-15-7/h3,6-7,9H,2,4H2,1H3,(H,11,13,14)/t6-,7-,9-/m0/s1. The van der Waals surface area contributed by atoms with Gasteiger partial charge in [-0.05, 0) is 6.92 Å². The molecule has 1 N–H and O–H groups in total. The summed E-state index contributed by atoms with van der Waals surface area (Å²) in [5.41, 5.74) is -0.312. The van der Waals surface area contributed by atoms with Crippen LogP contribution in [0.15, 0.2) is 15.8 Å². The Hall–Kier alpha value is -1.40. The number of fused-ring (bicyclic) bond motifs is 2. The number of aryl methyl sites for hydroxylation is 1. The molecule has 3 atom stereocenters. The molecule has 6 heteroatoms. The molecule has 16 heavy (non-hydrogen) atoms. The van der Waals surface area contributed by atoms with Crippen LogP contribution in [0.25, 0.3) is 0 Å². The van der Waals surface area contributed by atoms with Gasteiger partial charge in [0.2, 0.25) is 0 Å². The van der Waals surface area contributed by atoms with Gasteiger partial charge in [-0.3, -0.25) is 14.3 Å². The monoisotopic (exact) mass is 224 g/mol. The van der Waals surface area contributed by atoms with Gasteiger partial charge < -0.3 is 9.47 Å². The fraction of sp³-hybridized carbons (Fsp3) is 0.600. The molecule has 2 aliphatic rings. The summed E-state index contributed by atoms with van der Waals surface area (Å²) in [6.07, 6.45) is 1.94. The van der Waals surface area contributed by atoms with E-state index in [-0.39, 0.29) is 17.8 Å². The third-order valence-corrected chi connectivity index (χ3v) is 3.06. The highest BCUT2D eigenvalue weighted by atomic mass is 16.6. The number of H-pyrrole nitrogens is 1. The quantitative estimate of drug-likeness (QED) is 0.700. The lowest BCUT2D eigenvalue weighted by atomic mass is 10.2. The number of ether oxygens (including phenoxy) is 2. The van der Waals surface area contributed by atoms with Crippen LogP contribution < -0.4 is 11.2 Å². The van der Waals surface area contributed by atoms with Crippen LogP contribution in [0.2, 0.25) is 0 Å². The predicted molar refractivity (Wildman–Crippen MR) is 54.3 cm³/mol. The maximum Gasteiger partial charge on any atom is 0.330 e. The molecular weight excluding hydrogens is 212 g/mol. The Morgan fingerprint density at radius 3 is 2.94 bits per heavy atom. The smallest absolute Gasteiger partial charge is 0.330 e. The van der Waals surface area contributed by atoms with Crippen molar-refractivity contribution in [2.45, 2.75) is 31.8 Å². The van der Waals surface area contributed by atoms with Gasteiger partial charge in [-0.1, -0.05) is 0 Å². The second-order valence-electron chi connectivity index (χ2n) is 4.23. The summed E-state index contributed by atoms with van der Waals surface area (Å²) in [4.78, 5) is 25.1. The summed E-state index contributed by atoms with van der Waals surface area (Å²) in [6, 6.07) is 0. The minimum atomic E-state index is -0.447. The number of nitrogens with one attached hydrogen (secondary N) is 1. The van der Waals surface area contributed by atoms with E-state index in [0.29, 0.717) is 12.2 Å². The van der Waals surface area contributed by atoms with Crippen LogP contribution in [0.3, 0.4) is 0 Å². The number of aromatic nitrogens is 2. The third-order valence-electron chi connectivity index (χ3n) is 3.06. The molecule has 3 rings (SSSR count). The fourth-order valence-corrected chi connectivity index (χ4v) is 2.22. The van der Waals surface area contributed by atoms with E-state index in [2.05, 4.69) is 4.98 Å². The SMILES string of the molecule is Cc1cn([C@H]2O[C@@H]3CO[C@H]2C3)c(=O)[nH]c1=O. The van der Waals surface area contributed by atoms with E-state index in [0.717, 1.165) is 6.42 Å². The molecule has 2 saturated heterocycles. The lowest BCUT2D eigenvalue weighted by Gasteiger charge is -2.24. The minimum absolute atomic E-state index is 0.0759. The van der Waals surface area contributed by atoms with E-state index in [1.807, 2.05) is 0 Å². The summed E-state index contributed by atoms with van der Waals surface area (Å²) in [5.74, 6) is 0. The molecule has 0 aliphatic carbocycles. The van der Waals surface area contributed by atoms with Gasteiger partial charge in [-0.15, -0.1) is 0 Å². The molecule has 3 heterocycles. The van der Waals surface area contributed by atoms with E-state index in [1.54, 1.807) is 6.92 Å². The molecule has 0 spiro atoms. The molecule has 0 saturated carbocycles. The van der Waals surface area contributed by atoms with Crippen LogP contribution in [-0.2, 0) is 9.47 Å². The van der Waals surface area contributed by atoms with Gasteiger partial charge in [0.15, 0.2) is 6.23 Å². The summed E-state index contributed by atoms with van der Waals surface area (Å²) in [5, 5.41) is 0. The average molecular weight is 224 g/mol. The van der Waals surface area contributed by atoms with Gasteiger partial charge in [0.25, 0.3) is 5.56 Å². The Morgan fingerprint density at radius 2 is 2.31 bits per heavy atom. The lowest BCUT2D eigenvalue weighted by Crippen LogP contribution is -2.38. The van der Waals surface area contributed by atoms with Crippen molar-refractivity contribution in [1.82, 2.24) is 9.55 Å². The van der Waals surface area contributed by atoms with Gasteiger partial charge >= 0.3 is 5.69 Å². The van der Waals surface area contributed by atoms with Crippen LogP contribution in [0.5, 0.6) is 0 Å². The Kier molecular flexibility index (Phi) is 2.02. The number of nitrogens with zero attached hydrogens (tertiary/aromatic N) is 1. The number of aromatic amines is 1. The van der Waals surface area contributed by atoms with E-state index < -0.39 is 11.9 Å². The fourth-order valence-electron chi connectivity index (χ4n) is 2.22. The molecule has 6 nitrogen and oxygen atoms in total. The zero-order chi connectivity index (χ0) is 11.3. The summed E-state index contributed by atoms with van der Waals surface area (Å²) < 4.78 is 12.5. The molecule has 0 aromatic carbocycles. The van der Waals surface area contributed by atoms with Gasteiger partial charge in [0.05, 0.1) is 12.7 Å². The van der Waals surface area contributed by atoms with Crippen molar-refractivity contribution in [2.75, 3.05) is 6.61 Å². The topological polar surface area (TPSA) is 73.3 Å². The number of hydrogen-bond acceptors (Lipinski definition) is 4. The van der Waals surface area contributed by atoms with Crippen molar-refractivity contribution in [3.05, 3.63) is 32.6 Å². The molecule has 2 fully saturated rings. The molecule has 1 aromatic heterocycles. The van der Waals surface area contributed by atoms with E-state index >= 15 is 0 Å². The number of rotatable bonds is 1. The molecule has 1 aromatic rings. The lowest BCUT2D eigenvalue weighted by molar-refractivity contribution is -0.128. The van der Waals surface area contributed by atoms with Crippen molar-refractivity contribution in [1.29, 1.82) is 0 Å². The van der Waals surface area contributed by atoms with Gasteiger partial charge in [0, 0.05) is 18.2 Å². The molecule has 2 aliphatic heterocycles. The molecular formula is C10H12N2O4. The second kappa shape index (κ2) is 3.29. The maximum absolute atomic E-state index is 11.6. The zero-order valence-electron chi connectivity index (χ0n) is 8.80. The Morgan fingerprint density at radius 1 is 1.50 bits per heavy atom. The maximum atomic E-state index is 11.6. The Balaban J connectivity index is 2.04. The molecule has 0 amide bonds. The average Bonchev–Trinajstić information content (AvgIpc) is 2.84.